The van der Waals surface area contributed by atoms with E-state index in [1.54, 1.807) is 7.11 Å². The molecule has 0 fully saturated rings. The van der Waals surface area contributed by atoms with Crippen molar-refractivity contribution in [2.75, 3.05) is 13.7 Å². The van der Waals surface area contributed by atoms with E-state index in [4.69, 9.17) is 26.2 Å². The second-order valence-corrected chi connectivity index (χ2v) is 3.74. The minimum Gasteiger partial charge on any atom is -0.487 e. The molecule has 5 heteroatoms. The fourth-order valence-corrected chi connectivity index (χ4v) is 1.44. The van der Waals surface area contributed by atoms with E-state index in [0.29, 0.717) is 12.4 Å². The van der Waals surface area contributed by atoms with Gasteiger partial charge in [0.05, 0.1) is 17.2 Å². The Morgan fingerprint density at radius 3 is 2.75 bits per heavy atom. The second kappa shape index (κ2) is 5.72. The summed E-state index contributed by atoms with van der Waals surface area (Å²) in [6, 6.07) is 4.35. The molecule has 0 aromatic heterocycles. The first-order valence-corrected chi connectivity index (χ1v) is 5.11. The van der Waals surface area contributed by atoms with E-state index in [2.05, 4.69) is 0 Å². The number of carboxylic acids is 1. The van der Waals surface area contributed by atoms with Crippen LogP contribution in [0.3, 0.4) is 0 Å². The molecule has 1 atom stereocenters. The normalized spacial score (nSPS) is 12.2. The molecule has 0 radical (unpaired) electrons. The highest BCUT2D eigenvalue weighted by atomic mass is 35.5. The van der Waals surface area contributed by atoms with Crippen molar-refractivity contribution in [3.8, 4) is 5.75 Å². The number of hydrogen-bond donors (Lipinski definition) is 1. The molecule has 1 unspecified atom stereocenters. The highest BCUT2D eigenvalue weighted by molar-refractivity contribution is 6.32. The molecule has 0 amide bonds. The third-order valence-electron chi connectivity index (χ3n) is 1.91. The molecule has 88 valence electrons. The van der Waals surface area contributed by atoms with Gasteiger partial charge in [0.15, 0.2) is 0 Å². The number of rotatable bonds is 5. The lowest BCUT2D eigenvalue weighted by molar-refractivity contribution is 0.0696. The average molecular weight is 245 g/mol. The van der Waals surface area contributed by atoms with Crippen LogP contribution in [0.15, 0.2) is 18.2 Å². The lowest BCUT2D eigenvalue weighted by Crippen LogP contribution is -2.18. The van der Waals surface area contributed by atoms with Crippen LogP contribution in [0.2, 0.25) is 5.02 Å². The SMILES string of the molecule is COCC(C)Oc1ccc(C(=O)O)cc1Cl. The van der Waals surface area contributed by atoms with E-state index in [9.17, 15) is 4.79 Å². The van der Waals surface area contributed by atoms with Gasteiger partial charge in [-0.3, -0.25) is 0 Å². The molecule has 0 saturated heterocycles. The molecule has 1 aromatic rings. The first-order valence-electron chi connectivity index (χ1n) is 4.73. The molecule has 0 aliphatic carbocycles. The quantitative estimate of drug-likeness (QED) is 0.864. The largest absolute Gasteiger partial charge is 0.487 e. The summed E-state index contributed by atoms with van der Waals surface area (Å²) in [6.45, 7) is 2.28. The van der Waals surface area contributed by atoms with E-state index in [0.717, 1.165) is 0 Å². The highest BCUT2D eigenvalue weighted by Gasteiger charge is 2.10. The smallest absolute Gasteiger partial charge is 0.335 e. The lowest BCUT2D eigenvalue weighted by Gasteiger charge is -2.14. The summed E-state index contributed by atoms with van der Waals surface area (Å²) in [4.78, 5) is 10.7. The summed E-state index contributed by atoms with van der Waals surface area (Å²) >= 11 is 5.89. The van der Waals surface area contributed by atoms with Crippen LogP contribution in [0.5, 0.6) is 5.75 Å². The number of methoxy groups -OCH3 is 1. The van der Waals surface area contributed by atoms with Gasteiger partial charge in [-0.25, -0.2) is 4.79 Å². The molecule has 1 N–H and O–H groups in total. The summed E-state index contributed by atoms with van der Waals surface area (Å²) in [5, 5.41) is 9.03. The Hall–Kier alpha value is -1.26. The first kappa shape index (κ1) is 12.8. The van der Waals surface area contributed by atoms with Crippen LogP contribution < -0.4 is 4.74 Å². The summed E-state index contributed by atoms with van der Waals surface area (Å²) < 4.78 is 10.4. The summed E-state index contributed by atoms with van der Waals surface area (Å²) in [5.41, 5.74) is 0.136. The van der Waals surface area contributed by atoms with Gasteiger partial charge < -0.3 is 14.6 Å². The maximum atomic E-state index is 10.7. The Labute approximate surface area is 98.7 Å². The predicted octanol–water partition coefficient (Wildman–Crippen LogP) is 2.45. The molecule has 0 bridgehead atoms. The molecule has 16 heavy (non-hydrogen) atoms. The molecule has 0 aliphatic heterocycles. The van der Waals surface area contributed by atoms with Crippen LogP contribution in [0, 0.1) is 0 Å². The zero-order valence-electron chi connectivity index (χ0n) is 9.07. The van der Waals surface area contributed by atoms with Crippen LogP contribution in [0.25, 0.3) is 0 Å². The van der Waals surface area contributed by atoms with Crippen molar-refractivity contribution in [3.05, 3.63) is 28.8 Å². The molecule has 0 aliphatic rings. The molecule has 4 nitrogen and oxygen atoms in total. The van der Waals surface area contributed by atoms with Crippen molar-refractivity contribution in [2.45, 2.75) is 13.0 Å². The standard InChI is InChI=1S/C11H13ClO4/c1-7(6-15-2)16-10-4-3-8(11(13)14)5-9(10)12/h3-5,7H,6H2,1-2H3,(H,13,14). The van der Waals surface area contributed by atoms with Gasteiger partial charge in [0.1, 0.15) is 11.9 Å². The fraction of sp³-hybridized carbons (Fsp3) is 0.364. The van der Waals surface area contributed by atoms with Gasteiger partial charge in [-0.05, 0) is 25.1 Å². The van der Waals surface area contributed by atoms with E-state index >= 15 is 0 Å². The molecule has 0 saturated carbocycles. The molecule has 0 heterocycles. The van der Waals surface area contributed by atoms with Crippen LogP contribution >= 0.6 is 11.6 Å². The summed E-state index contributed by atoms with van der Waals surface area (Å²) in [5.74, 6) is -0.561. The molecule has 1 aromatic carbocycles. The third kappa shape index (κ3) is 3.40. The minimum absolute atomic E-state index is 0.136. The van der Waals surface area contributed by atoms with Gasteiger partial charge in [-0.1, -0.05) is 11.6 Å². The van der Waals surface area contributed by atoms with Crippen molar-refractivity contribution in [3.63, 3.8) is 0 Å². The first-order chi connectivity index (χ1) is 7.54. The number of halogens is 1. The number of ether oxygens (including phenoxy) is 2. The Balaban J connectivity index is 2.79. The Morgan fingerprint density at radius 2 is 2.25 bits per heavy atom. The van der Waals surface area contributed by atoms with Gasteiger partial charge in [0.2, 0.25) is 0 Å². The van der Waals surface area contributed by atoms with Gasteiger partial charge in [0, 0.05) is 7.11 Å². The second-order valence-electron chi connectivity index (χ2n) is 3.33. The molecule has 0 spiro atoms. The van der Waals surface area contributed by atoms with E-state index in [1.165, 1.54) is 18.2 Å². The van der Waals surface area contributed by atoms with Crippen LogP contribution in [-0.4, -0.2) is 30.9 Å². The zero-order valence-corrected chi connectivity index (χ0v) is 9.82. The monoisotopic (exact) mass is 244 g/mol. The van der Waals surface area contributed by atoms with E-state index < -0.39 is 5.97 Å². The highest BCUT2D eigenvalue weighted by Crippen LogP contribution is 2.26. The summed E-state index contributed by atoms with van der Waals surface area (Å²) in [6.07, 6.45) is -0.141. The Morgan fingerprint density at radius 1 is 1.56 bits per heavy atom. The van der Waals surface area contributed by atoms with Gasteiger partial charge in [-0.15, -0.1) is 0 Å². The number of aromatic carboxylic acids is 1. The Bertz CT molecular complexity index is 378. The maximum Gasteiger partial charge on any atom is 0.335 e. The predicted molar refractivity (Wildman–Crippen MR) is 60.4 cm³/mol. The van der Waals surface area contributed by atoms with Crippen molar-refractivity contribution < 1.29 is 19.4 Å². The number of carbonyl (C=O) groups is 1. The zero-order chi connectivity index (χ0) is 12.1. The number of carboxylic acid groups (broad SMARTS) is 1. The van der Waals surface area contributed by atoms with Crippen molar-refractivity contribution in [1.82, 2.24) is 0 Å². The number of benzene rings is 1. The third-order valence-corrected chi connectivity index (χ3v) is 2.20. The summed E-state index contributed by atoms with van der Waals surface area (Å²) in [7, 11) is 1.58. The van der Waals surface area contributed by atoms with Gasteiger partial charge in [0.25, 0.3) is 0 Å². The van der Waals surface area contributed by atoms with E-state index in [1.807, 2.05) is 6.92 Å². The van der Waals surface area contributed by atoms with Crippen LogP contribution in [-0.2, 0) is 4.74 Å². The van der Waals surface area contributed by atoms with E-state index in [-0.39, 0.29) is 16.7 Å². The van der Waals surface area contributed by atoms with Crippen molar-refractivity contribution >= 4 is 17.6 Å². The lowest BCUT2D eigenvalue weighted by atomic mass is 10.2. The molecule has 1 rings (SSSR count). The minimum atomic E-state index is -1.02. The number of hydrogen-bond acceptors (Lipinski definition) is 3. The average Bonchev–Trinajstić information content (AvgIpc) is 2.21. The van der Waals surface area contributed by atoms with Crippen LogP contribution in [0.1, 0.15) is 17.3 Å². The van der Waals surface area contributed by atoms with Gasteiger partial charge in [-0.2, -0.15) is 0 Å². The van der Waals surface area contributed by atoms with Crippen LogP contribution in [0.4, 0.5) is 0 Å². The van der Waals surface area contributed by atoms with Gasteiger partial charge >= 0.3 is 5.97 Å². The molecular formula is C11H13ClO4. The van der Waals surface area contributed by atoms with Crippen molar-refractivity contribution in [1.29, 1.82) is 0 Å². The Kier molecular flexibility index (Phi) is 4.58. The molecular weight excluding hydrogens is 232 g/mol. The maximum absolute atomic E-state index is 10.7. The fourth-order valence-electron chi connectivity index (χ4n) is 1.21. The van der Waals surface area contributed by atoms with Crippen molar-refractivity contribution in [2.24, 2.45) is 0 Å². The topological polar surface area (TPSA) is 55.8 Å².